The highest BCUT2D eigenvalue weighted by molar-refractivity contribution is 5.14. The molecule has 0 fully saturated rings. The van der Waals surface area contributed by atoms with Gasteiger partial charge in [0.25, 0.3) is 5.82 Å². The quantitative estimate of drug-likeness (QED) is 0.0856. The van der Waals surface area contributed by atoms with E-state index >= 15 is 0 Å². The Bertz CT molecular complexity index is 763. The minimum atomic E-state index is 1.15. The first-order valence-corrected chi connectivity index (χ1v) is 17.0. The van der Waals surface area contributed by atoms with Crippen molar-refractivity contribution in [2.45, 2.75) is 175 Å². The van der Waals surface area contributed by atoms with Crippen LogP contribution >= 0.6 is 0 Å². The van der Waals surface area contributed by atoms with Crippen molar-refractivity contribution in [1.82, 2.24) is 4.57 Å². The summed E-state index contributed by atoms with van der Waals surface area (Å²) in [5.74, 6) is 1.58. The standard InChI is InChI=1S/C36H63N2/c1-3-5-7-9-11-12-13-14-15-16-17-19-24-30-36-37(31-25-20-18-10-8-6-4-2)33-34-38(36)32-26-29-35-27-22-21-23-28-35/h21-23,27-28,33-34H,3-20,24-26,29-32H2,1-2H3/q+1. The van der Waals surface area contributed by atoms with Gasteiger partial charge in [-0.3, -0.25) is 0 Å². The summed E-state index contributed by atoms with van der Waals surface area (Å²) < 4.78 is 5.17. The van der Waals surface area contributed by atoms with Gasteiger partial charge in [0, 0.05) is 6.42 Å². The minimum Gasteiger partial charge on any atom is -0.234 e. The molecule has 0 bridgehead atoms. The number of benzene rings is 1. The molecule has 0 amide bonds. The Balaban J connectivity index is 1.67. The molecule has 1 aromatic heterocycles. The number of nitrogens with zero attached hydrogens (tertiary/aromatic N) is 2. The van der Waals surface area contributed by atoms with Gasteiger partial charge in [-0.25, -0.2) is 9.13 Å². The van der Waals surface area contributed by atoms with E-state index in [1.165, 1.54) is 160 Å². The van der Waals surface area contributed by atoms with Crippen LogP contribution in [0.3, 0.4) is 0 Å². The molecule has 0 N–H and O–H groups in total. The molecule has 2 aromatic rings. The van der Waals surface area contributed by atoms with Gasteiger partial charge in [0.2, 0.25) is 0 Å². The van der Waals surface area contributed by atoms with Crippen molar-refractivity contribution in [1.29, 1.82) is 0 Å². The van der Waals surface area contributed by atoms with Crippen LogP contribution < -0.4 is 4.57 Å². The third kappa shape index (κ3) is 15.7. The largest absolute Gasteiger partial charge is 0.256 e. The molecule has 1 aromatic carbocycles. The van der Waals surface area contributed by atoms with Gasteiger partial charge in [-0.2, -0.15) is 0 Å². The lowest BCUT2D eigenvalue weighted by atomic mass is 10.0. The maximum Gasteiger partial charge on any atom is 0.256 e. The van der Waals surface area contributed by atoms with Gasteiger partial charge in [0.1, 0.15) is 12.4 Å². The van der Waals surface area contributed by atoms with E-state index in [2.05, 4.69) is 65.7 Å². The third-order valence-electron chi connectivity index (χ3n) is 8.30. The number of aromatic nitrogens is 2. The Morgan fingerprint density at radius 2 is 1.03 bits per heavy atom. The molecule has 0 aliphatic rings. The Labute approximate surface area is 237 Å². The molecule has 0 aliphatic heterocycles. The van der Waals surface area contributed by atoms with Crippen LogP contribution in [0.4, 0.5) is 0 Å². The molecule has 0 spiro atoms. The van der Waals surface area contributed by atoms with Crippen molar-refractivity contribution in [2.75, 3.05) is 0 Å². The number of rotatable bonds is 26. The summed E-state index contributed by atoms with van der Waals surface area (Å²) in [6, 6.07) is 11.0. The van der Waals surface area contributed by atoms with Crippen LogP contribution in [0, 0.1) is 0 Å². The van der Waals surface area contributed by atoms with Crippen LogP contribution in [0.25, 0.3) is 0 Å². The van der Waals surface area contributed by atoms with Gasteiger partial charge in [0.05, 0.1) is 13.1 Å². The molecule has 0 atom stereocenters. The average Bonchev–Trinajstić information content (AvgIpc) is 3.32. The van der Waals surface area contributed by atoms with Crippen molar-refractivity contribution in [2.24, 2.45) is 0 Å². The van der Waals surface area contributed by atoms with Gasteiger partial charge in [0.15, 0.2) is 0 Å². The molecule has 0 saturated carbocycles. The summed E-state index contributed by atoms with van der Waals surface area (Å²) in [6.45, 7) is 6.96. The summed E-state index contributed by atoms with van der Waals surface area (Å²) in [4.78, 5) is 0. The fourth-order valence-corrected chi connectivity index (χ4v) is 5.83. The molecule has 0 unspecified atom stereocenters. The van der Waals surface area contributed by atoms with E-state index in [0.29, 0.717) is 0 Å². The molecule has 0 radical (unpaired) electrons. The molecule has 0 aliphatic carbocycles. The van der Waals surface area contributed by atoms with Crippen LogP contribution in [0.1, 0.15) is 160 Å². The summed E-state index contributed by atoms with van der Waals surface area (Å²) in [5, 5.41) is 0. The number of hydrogen-bond acceptors (Lipinski definition) is 0. The lowest BCUT2D eigenvalue weighted by Gasteiger charge is -2.07. The highest BCUT2D eigenvalue weighted by atomic mass is 15.1. The Morgan fingerprint density at radius 3 is 1.58 bits per heavy atom. The van der Waals surface area contributed by atoms with E-state index in [1.54, 1.807) is 5.82 Å². The summed E-state index contributed by atoms with van der Waals surface area (Å²) in [5.41, 5.74) is 1.47. The molecule has 2 rings (SSSR count). The maximum absolute atomic E-state index is 2.59. The van der Waals surface area contributed by atoms with E-state index in [0.717, 1.165) is 6.54 Å². The second-order valence-electron chi connectivity index (χ2n) is 11.8. The van der Waals surface area contributed by atoms with Crippen LogP contribution in [0.15, 0.2) is 42.7 Å². The Kier molecular flexibility index (Phi) is 20.0. The summed E-state index contributed by atoms with van der Waals surface area (Å²) in [6.07, 6.45) is 36.7. The van der Waals surface area contributed by atoms with Gasteiger partial charge < -0.3 is 0 Å². The van der Waals surface area contributed by atoms with Gasteiger partial charge in [-0.05, 0) is 37.7 Å². The number of unbranched alkanes of at least 4 members (excludes halogenated alkanes) is 18. The number of imidazole rings is 1. The molecule has 2 nitrogen and oxygen atoms in total. The Hall–Kier alpha value is -1.57. The highest BCUT2D eigenvalue weighted by Crippen LogP contribution is 2.14. The monoisotopic (exact) mass is 523 g/mol. The molecule has 1 heterocycles. The highest BCUT2D eigenvalue weighted by Gasteiger charge is 2.16. The second kappa shape index (κ2) is 23.3. The van der Waals surface area contributed by atoms with E-state index < -0.39 is 0 Å². The smallest absolute Gasteiger partial charge is 0.234 e. The predicted octanol–water partition coefficient (Wildman–Crippen LogP) is 10.8. The van der Waals surface area contributed by atoms with Crippen LogP contribution in [-0.4, -0.2) is 4.57 Å². The van der Waals surface area contributed by atoms with Crippen molar-refractivity contribution in [3.63, 3.8) is 0 Å². The van der Waals surface area contributed by atoms with Crippen LogP contribution in [0.2, 0.25) is 0 Å². The van der Waals surface area contributed by atoms with E-state index in [1.807, 2.05) is 0 Å². The molecule has 38 heavy (non-hydrogen) atoms. The zero-order chi connectivity index (χ0) is 26.9. The van der Waals surface area contributed by atoms with Crippen LogP contribution in [0.5, 0.6) is 0 Å². The first-order valence-electron chi connectivity index (χ1n) is 17.0. The van der Waals surface area contributed by atoms with Crippen molar-refractivity contribution in [3.05, 3.63) is 54.1 Å². The average molecular weight is 524 g/mol. The van der Waals surface area contributed by atoms with Gasteiger partial charge in [-0.1, -0.05) is 153 Å². The van der Waals surface area contributed by atoms with Crippen LogP contribution in [-0.2, 0) is 25.9 Å². The first-order chi connectivity index (χ1) is 18.8. The molecule has 2 heteroatoms. The topological polar surface area (TPSA) is 8.81 Å². The van der Waals surface area contributed by atoms with E-state index in [-0.39, 0.29) is 0 Å². The summed E-state index contributed by atoms with van der Waals surface area (Å²) in [7, 11) is 0. The Morgan fingerprint density at radius 1 is 0.526 bits per heavy atom. The zero-order valence-corrected chi connectivity index (χ0v) is 25.6. The number of aryl methyl sites for hydroxylation is 3. The molecular weight excluding hydrogens is 460 g/mol. The fourth-order valence-electron chi connectivity index (χ4n) is 5.83. The lowest BCUT2D eigenvalue weighted by molar-refractivity contribution is -0.704. The van der Waals surface area contributed by atoms with E-state index in [9.17, 15) is 0 Å². The fraction of sp³-hybridized carbons (Fsp3) is 0.750. The predicted molar refractivity (Wildman–Crippen MR) is 167 cm³/mol. The van der Waals surface area contributed by atoms with Crippen molar-refractivity contribution in [3.8, 4) is 0 Å². The minimum absolute atomic E-state index is 1.15. The van der Waals surface area contributed by atoms with Gasteiger partial charge >= 0.3 is 0 Å². The first kappa shape index (κ1) is 32.6. The van der Waals surface area contributed by atoms with Crippen molar-refractivity contribution >= 4 is 0 Å². The maximum atomic E-state index is 2.59. The summed E-state index contributed by atoms with van der Waals surface area (Å²) >= 11 is 0. The van der Waals surface area contributed by atoms with Gasteiger partial charge in [-0.15, -0.1) is 0 Å². The lowest BCUT2D eigenvalue weighted by Crippen LogP contribution is -2.37. The molecule has 216 valence electrons. The number of hydrogen-bond donors (Lipinski definition) is 0. The van der Waals surface area contributed by atoms with Crippen molar-refractivity contribution < 1.29 is 4.57 Å². The van der Waals surface area contributed by atoms with E-state index in [4.69, 9.17) is 0 Å². The second-order valence-corrected chi connectivity index (χ2v) is 11.8. The normalized spacial score (nSPS) is 11.4. The SMILES string of the molecule is CCCCCCCCCCCCCCCc1n(CCCCCCCCC)cc[n+]1CCCc1ccccc1. The third-order valence-corrected chi connectivity index (χ3v) is 8.30. The zero-order valence-electron chi connectivity index (χ0n) is 25.6. The molecular formula is C36H63N2+. The molecule has 0 saturated heterocycles.